The summed E-state index contributed by atoms with van der Waals surface area (Å²) in [4.78, 5) is 32.7. The van der Waals surface area contributed by atoms with E-state index in [9.17, 15) is 14.4 Å². The molecule has 0 aliphatic heterocycles. The Morgan fingerprint density at radius 3 is 2.37 bits per heavy atom. The van der Waals surface area contributed by atoms with Gasteiger partial charge >= 0.3 is 5.97 Å². The molecule has 1 aromatic carbocycles. The van der Waals surface area contributed by atoms with Crippen LogP contribution in [-0.4, -0.2) is 36.0 Å². The van der Waals surface area contributed by atoms with Gasteiger partial charge < -0.3 is 15.7 Å². The van der Waals surface area contributed by atoms with Gasteiger partial charge in [0.05, 0.1) is 6.54 Å². The number of amides is 2. The molecule has 3 N–H and O–H groups in total. The van der Waals surface area contributed by atoms with E-state index in [2.05, 4.69) is 10.6 Å². The van der Waals surface area contributed by atoms with Crippen molar-refractivity contribution in [3.63, 3.8) is 0 Å². The molecule has 100 valence electrons. The summed E-state index contributed by atoms with van der Waals surface area (Å²) in [6.07, 6.45) is 2.92. The quantitative estimate of drug-likeness (QED) is 0.630. The molecule has 0 spiro atoms. The average Bonchev–Trinajstić information content (AvgIpc) is 2.41. The highest BCUT2D eigenvalue weighted by molar-refractivity contribution is 5.94. The van der Waals surface area contributed by atoms with Crippen molar-refractivity contribution < 1.29 is 19.5 Å². The minimum atomic E-state index is -1.14. The molecule has 1 aromatic rings. The predicted molar refractivity (Wildman–Crippen MR) is 69.1 cm³/mol. The molecule has 0 saturated heterocycles. The Hall–Kier alpha value is -2.63. The molecule has 0 aliphatic rings. The van der Waals surface area contributed by atoms with Crippen LogP contribution in [0, 0.1) is 0 Å². The lowest BCUT2D eigenvalue weighted by Gasteiger charge is -2.02. The van der Waals surface area contributed by atoms with Crippen LogP contribution in [0.4, 0.5) is 0 Å². The summed E-state index contributed by atoms with van der Waals surface area (Å²) in [5, 5.41) is 12.8. The normalized spacial score (nSPS) is 10.1. The maximum Gasteiger partial charge on any atom is 0.322 e. The second kappa shape index (κ2) is 7.65. The van der Waals surface area contributed by atoms with Crippen LogP contribution in [0.1, 0.15) is 5.56 Å². The molecule has 0 atom stereocenters. The van der Waals surface area contributed by atoms with Gasteiger partial charge in [-0.1, -0.05) is 30.3 Å². The lowest BCUT2D eigenvalue weighted by atomic mass is 10.2. The zero-order valence-corrected chi connectivity index (χ0v) is 10.1. The van der Waals surface area contributed by atoms with E-state index in [4.69, 9.17) is 5.11 Å². The van der Waals surface area contributed by atoms with E-state index in [0.717, 1.165) is 5.56 Å². The Balaban J connectivity index is 2.30. The molecule has 2 amide bonds. The van der Waals surface area contributed by atoms with Crippen LogP contribution in [-0.2, 0) is 14.4 Å². The molecule has 0 heterocycles. The van der Waals surface area contributed by atoms with Crippen LogP contribution in [0.2, 0.25) is 0 Å². The van der Waals surface area contributed by atoms with E-state index >= 15 is 0 Å². The maximum atomic E-state index is 11.4. The minimum absolute atomic E-state index is 0.259. The van der Waals surface area contributed by atoms with Crippen molar-refractivity contribution in [1.82, 2.24) is 10.6 Å². The molecule has 0 bridgehead atoms. The van der Waals surface area contributed by atoms with Crippen LogP contribution in [0.15, 0.2) is 36.4 Å². The van der Waals surface area contributed by atoms with Crippen molar-refractivity contribution in [2.24, 2.45) is 0 Å². The molecule has 0 aromatic heterocycles. The lowest BCUT2D eigenvalue weighted by molar-refractivity contribution is -0.137. The van der Waals surface area contributed by atoms with Gasteiger partial charge in [0.25, 0.3) is 0 Å². The first-order valence-electron chi connectivity index (χ1n) is 5.57. The number of carboxylic acids is 1. The van der Waals surface area contributed by atoms with Gasteiger partial charge in [0.2, 0.25) is 11.8 Å². The zero-order chi connectivity index (χ0) is 14.1. The third kappa shape index (κ3) is 6.62. The summed E-state index contributed by atoms with van der Waals surface area (Å²) in [6.45, 7) is -0.722. The third-order valence-corrected chi connectivity index (χ3v) is 2.09. The Labute approximate surface area is 110 Å². The Kier molecular flexibility index (Phi) is 5.81. The van der Waals surface area contributed by atoms with E-state index < -0.39 is 24.3 Å². The largest absolute Gasteiger partial charge is 0.480 e. The third-order valence-electron chi connectivity index (χ3n) is 2.09. The SMILES string of the molecule is O=C(O)CNC(=O)CNC(=O)/C=C/c1ccccc1. The number of carbonyl (C=O) groups is 3. The first-order valence-corrected chi connectivity index (χ1v) is 5.57. The topological polar surface area (TPSA) is 95.5 Å². The average molecular weight is 262 g/mol. The molecule has 0 unspecified atom stereocenters. The summed E-state index contributed by atoms with van der Waals surface area (Å²) < 4.78 is 0. The van der Waals surface area contributed by atoms with Crippen LogP contribution in [0.25, 0.3) is 6.08 Å². The molecule has 0 aliphatic carbocycles. The van der Waals surface area contributed by atoms with Gasteiger partial charge in [-0.3, -0.25) is 14.4 Å². The van der Waals surface area contributed by atoms with Crippen LogP contribution in [0.5, 0.6) is 0 Å². The number of hydrogen-bond donors (Lipinski definition) is 3. The van der Waals surface area contributed by atoms with Gasteiger partial charge in [0, 0.05) is 6.08 Å². The fourth-order valence-electron chi connectivity index (χ4n) is 1.20. The maximum absolute atomic E-state index is 11.4. The smallest absolute Gasteiger partial charge is 0.322 e. The molecule has 0 radical (unpaired) electrons. The fourth-order valence-corrected chi connectivity index (χ4v) is 1.20. The number of hydrogen-bond acceptors (Lipinski definition) is 3. The minimum Gasteiger partial charge on any atom is -0.480 e. The van der Waals surface area contributed by atoms with Gasteiger partial charge in [-0.15, -0.1) is 0 Å². The van der Waals surface area contributed by atoms with Gasteiger partial charge in [0.1, 0.15) is 6.54 Å². The number of carbonyl (C=O) groups excluding carboxylic acids is 2. The molecule has 0 fully saturated rings. The molecule has 6 heteroatoms. The number of rotatable bonds is 6. The number of benzene rings is 1. The number of carboxylic acid groups (broad SMARTS) is 1. The highest BCUT2D eigenvalue weighted by Crippen LogP contribution is 2.00. The summed E-state index contributed by atoms with van der Waals surface area (Å²) in [6, 6.07) is 9.23. The molecule has 19 heavy (non-hydrogen) atoms. The lowest BCUT2D eigenvalue weighted by Crippen LogP contribution is -2.38. The van der Waals surface area contributed by atoms with E-state index in [1.165, 1.54) is 6.08 Å². The van der Waals surface area contributed by atoms with Crippen molar-refractivity contribution >= 4 is 23.9 Å². The van der Waals surface area contributed by atoms with Crippen molar-refractivity contribution in [2.75, 3.05) is 13.1 Å². The first-order chi connectivity index (χ1) is 9.08. The Bertz CT molecular complexity index is 483. The molecule has 6 nitrogen and oxygen atoms in total. The standard InChI is InChI=1S/C13H14N2O4/c16-11(7-6-10-4-2-1-3-5-10)14-8-12(17)15-9-13(18)19/h1-7H,8-9H2,(H,14,16)(H,15,17)(H,18,19)/b7-6+. The van der Waals surface area contributed by atoms with E-state index in [1.54, 1.807) is 6.08 Å². The number of nitrogens with one attached hydrogen (secondary N) is 2. The Morgan fingerprint density at radius 2 is 1.74 bits per heavy atom. The number of aliphatic carboxylic acids is 1. The van der Waals surface area contributed by atoms with Crippen molar-refractivity contribution in [3.05, 3.63) is 42.0 Å². The van der Waals surface area contributed by atoms with Crippen LogP contribution in [0.3, 0.4) is 0 Å². The van der Waals surface area contributed by atoms with Gasteiger partial charge in [-0.2, -0.15) is 0 Å². The fraction of sp³-hybridized carbons (Fsp3) is 0.154. The molecule has 0 saturated carbocycles. The van der Waals surface area contributed by atoms with Gasteiger partial charge in [-0.25, -0.2) is 0 Å². The summed E-state index contributed by atoms with van der Waals surface area (Å²) in [5.74, 6) is -2.11. The first kappa shape index (κ1) is 14.4. The van der Waals surface area contributed by atoms with Crippen LogP contribution < -0.4 is 10.6 Å². The van der Waals surface area contributed by atoms with Crippen molar-refractivity contribution in [3.8, 4) is 0 Å². The van der Waals surface area contributed by atoms with Crippen molar-refractivity contribution in [1.29, 1.82) is 0 Å². The highest BCUT2D eigenvalue weighted by atomic mass is 16.4. The van der Waals surface area contributed by atoms with Crippen molar-refractivity contribution in [2.45, 2.75) is 0 Å². The van der Waals surface area contributed by atoms with Gasteiger partial charge in [0.15, 0.2) is 0 Å². The zero-order valence-electron chi connectivity index (χ0n) is 10.1. The molecule has 1 rings (SSSR count). The van der Waals surface area contributed by atoms with Gasteiger partial charge in [-0.05, 0) is 11.6 Å². The van der Waals surface area contributed by atoms with E-state index in [0.29, 0.717) is 0 Å². The summed E-state index contributed by atoms with van der Waals surface area (Å²) in [5.41, 5.74) is 0.868. The van der Waals surface area contributed by atoms with Crippen LogP contribution >= 0.6 is 0 Å². The second-order valence-electron chi connectivity index (χ2n) is 3.63. The van der Waals surface area contributed by atoms with E-state index in [-0.39, 0.29) is 6.54 Å². The monoisotopic (exact) mass is 262 g/mol. The summed E-state index contributed by atoms with van der Waals surface area (Å²) >= 11 is 0. The molecular formula is C13H14N2O4. The highest BCUT2D eigenvalue weighted by Gasteiger charge is 2.04. The Morgan fingerprint density at radius 1 is 1.05 bits per heavy atom. The second-order valence-corrected chi connectivity index (χ2v) is 3.63. The van der Waals surface area contributed by atoms with E-state index in [1.807, 2.05) is 30.3 Å². The predicted octanol–water partition coefficient (Wildman–Crippen LogP) is 0.0168. The molecular weight excluding hydrogens is 248 g/mol. The summed E-state index contributed by atoms with van der Waals surface area (Å²) in [7, 11) is 0.